The molecule has 1 saturated carbocycles. The molecule has 0 bridgehead atoms. The van der Waals surface area contributed by atoms with Crippen molar-refractivity contribution in [2.45, 2.75) is 64.0 Å². The Morgan fingerprint density at radius 1 is 1.06 bits per heavy atom. The quantitative estimate of drug-likeness (QED) is 0.835. The topological polar surface area (TPSA) is 38.0 Å². The molecule has 0 amide bonds. The summed E-state index contributed by atoms with van der Waals surface area (Å²) in [6.45, 7) is 6.80. The monoisotopic (exact) mass is 246 g/mol. The molecule has 1 aromatic rings. The van der Waals surface area contributed by atoms with Crippen molar-refractivity contribution in [3.63, 3.8) is 0 Å². The van der Waals surface area contributed by atoms with Gasteiger partial charge in [0.25, 0.3) is 0 Å². The van der Waals surface area contributed by atoms with Crippen molar-refractivity contribution in [2.24, 2.45) is 5.73 Å². The molecule has 1 aliphatic rings. The van der Waals surface area contributed by atoms with E-state index in [0.717, 1.165) is 12.8 Å². The standard InChI is InChI=1S/C16H26N2/c1-16(2,3)14-6-4-5-7-15(14)18-13-10-8-12(17)9-11-13/h4-7,12-13,18H,8-11,17H2,1-3H3. The molecule has 0 aliphatic heterocycles. The molecule has 3 N–H and O–H groups in total. The van der Waals surface area contributed by atoms with E-state index in [1.807, 2.05) is 0 Å². The van der Waals surface area contributed by atoms with Crippen LogP contribution in [0.1, 0.15) is 52.0 Å². The van der Waals surface area contributed by atoms with Crippen molar-refractivity contribution < 1.29 is 0 Å². The van der Waals surface area contributed by atoms with Crippen LogP contribution in [-0.4, -0.2) is 12.1 Å². The van der Waals surface area contributed by atoms with Gasteiger partial charge in [-0.1, -0.05) is 39.0 Å². The smallest absolute Gasteiger partial charge is 0.0380 e. The fraction of sp³-hybridized carbons (Fsp3) is 0.625. The Bertz CT molecular complexity index is 384. The van der Waals surface area contributed by atoms with Crippen LogP contribution in [0.5, 0.6) is 0 Å². The average molecular weight is 246 g/mol. The number of rotatable bonds is 2. The number of nitrogens with two attached hydrogens (primary N) is 1. The fourth-order valence-corrected chi connectivity index (χ4v) is 2.75. The predicted molar refractivity (Wildman–Crippen MR) is 79.0 cm³/mol. The van der Waals surface area contributed by atoms with Crippen LogP contribution in [-0.2, 0) is 5.41 Å². The van der Waals surface area contributed by atoms with E-state index in [2.05, 4.69) is 50.4 Å². The predicted octanol–water partition coefficient (Wildman–Crippen LogP) is 3.67. The number of hydrogen-bond donors (Lipinski definition) is 2. The summed E-state index contributed by atoms with van der Waals surface area (Å²) in [6.07, 6.45) is 4.68. The minimum absolute atomic E-state index is 0.189. The molecule has 1 fully saturated rings. The average Bonchev–Trinajstić information content (AvgIpc) is 2.31. The summed E-state index contributed by atoms with van der Waals surface area (Å²) < 4.78 is 0. The van der Waals surface area contributed by atoms with Gasteiger partial charge in [0.1, 0.15) is 0 Å². The summed E-state index contributed by atoms with van der Waals surface area (Å²) in [7, 11) is 0. The van der Waals surface area contributed by atoms with E-state index >= 15 is 0 Å². The second kappa shape index (κ2) is 5.31. The Labute approximate surface area is 111 Å². The zero-order valence-corrected chi connectivity index (χ0v) is 11.9. The van der Waals surface area contributed by atoms with E-state index in [1.165, 1.54) is 24.1 Å². The maximum Gasteiger partial charge on any atom is 0.0380 e. The molecule has 2 nitrogen and oxygen atoms in total. The largest absolute Gasteiger partial charge is 0.382 e. The van der Waals surface area contributed by atoms with Crippen LogP contribution in [0.4, 0.5) is 5.69 Å². The lowest BCUT2D eigenvalue weighted by atomic mass is 9.85. The van der Waals surface area contributed by atoms with Gasteiger partial charge in [0, 0.05) is 17.8 Å². The van der Waals surface area contributed by atoms with Gasteiger partial charge < -0.3 is 11.1 Å². The van der Waals surface area contributed by atoms with Gasteiger partial charge in [0.2, 0.25) is 0 Å². The minimum Gasteiger partial charge on any atom is -0.382 e. The highest BCUT2D eigenvalue weighted by Gasteiger charge is 2.22. The number of benzene rings is 1. The lowest BCUT2D eigenvalue weighted by Gasteiger charge is -2.30. The third-order valence-corrected chi connectivity index (χ3v) is 3.87. The van der Waals surface area contributed by atoms with Gasteiger partial charge in [-0.05, 0) is 42.7 Å². The summed E-state index contributed by atoms with van der Waals surface area (Å²) in [5.74, 6) is 0. The van der Waals surface area contributed by atoms with Crippen molar-refractivity contribution in [1.29, 1.82) is 0 Å². The molecule has 2 heteroatoms. The molecule has 1 aliphatic carbocycles. The zero-order valence-electron chi connectivity index (χ0n) is 11.9. The van der Waals surface area contributed by atoms with Crippen LogP contribution >= 0.6 is 0 Å². The Kier molecular flexibility index (Phi) is 3.96. The van der Waals surface area contributed by atoms with E-state index in [-0.39, 0.29) is 5.41 Å². The van der Waals surface area contributed by atoms with Crippen LogP contribution in [0.2, 0.25) is 0 Å². The van der Waals surface area contributed by atoms with Crippen molar-refractivity contribution in [3.05, 3.63) is 29.8 Å². The van der Waals surface area contributed by atoms with Crippen molar-refractivity contribution in [2.75, 3.05) is 5.32 Å². The molecule has 0 spiro atoms. The number of nitrogens with one attached hydrogen (secondary N) is 1. The molecule has 2 rings (SSSR count). The highest BCUT2D eigenvalue weighted by molar-refractivity contribution is 5.54. The Balaban J connectivity index is 2.10. The molecule has 0 aromatic heterocycles. The van der Waals surface area contributed by atoms with Gasteiger partial charge in [0.15, 0.2) is 0 Å². The molecule has 1 aromatic carbocycles. The van der Waals surface area contributed by atoms with E-state index in [1.54, 1.807) is 0 Å². The first-order valence-electron chi connectivity index (χ1n) is 7.08. The minimum atomic E-state index is 0.189. The lowest BCUT2D eigenvalue weighted by molar-refractivity contribution is 0.410. The molecule has 18 heavy (non-hydrogen) atoms. The second-order valence-electron chi connectivity index (χ2n) is 6.55. The molecular formula is C16H26N2. The first kappa shape index (κ1) is 13.4. The van der Waals surface area contributed by atoms with E-state index in [4.69, 9.17) is 5.73 Å². The van der Waals surface area contributed by atoms with E-state index in [0.29, 0.717) is 12.1 Å². The Morgan fingerprint density at radius 3 is 2.28 bits per heavy atom. The van der Waals surface area contributed by atoms with Gasteiger partial charge in [-0.2, -0.15) is 0 Å². The van der Waals surface area contributed by atoms with Gasteiger partial charge in [0.05, 0.1) is 0 Å². The number of hydrogen-bond acceptors (Lipinski definition) is 2. The maximum absolute atomic E-state index is 5.96. The van der Waals surface area contributed by atoms with E-state index in [9.17, 15) is 0 Å². The SMILES string of the molecule is CC(C)(C)c1ccccc1NC1CCC(N)CC1. The first-order valence-corrected chi connectivity index (χ1v) is 7.08. The van der Waals surface area contributed by atoms with Crippen LogP contribution in [0.15, 0.2) is 24.3 Å². The lowest BCUT2D eigenvalue weighted by Crippen LogP contribution is -2.33. The number of para-hydroxylation sites is 1. The second-order valence-corrected chi connectivity index (χ2v) is 6.55. The molecular weight excluding hydrogens is 220 g/mol. The summed E-state index contributed by atoms with van der Waals surface area (Å²) in [5.41, 5.74) is 8.85. The maximum atomic E-state index is 5.96. The third-order valence-electron chi connectivity index (χ3n) is 3.87. The summed E-state index contributed by atoms with van der Waals surface area (Å²) in [6, 6.07) is 9.69. The van der Waals surface area contributed by atoms with Crippen molar-refractivity contribution >= 4 is 5.69 Å². The highest BCUT2D eigenvalue weighted by Crippen LogP contribution is 2.31. The third kappa shape index (κ3) is 3.26. The van der Waals surface area contributed by atoms with Crippen LogP contribution in [0.3, 0.4) is 0 Å². The first-order chi connectivity index (χ1) is 8.47. The Hall–Kier alpha value is -1.02. The highest BCUT2D eigenvalue weighted by atomic mass is 14.9. The van der Waals surface area contributed by atoms with Gasteiger partial charge in [-0.25, -0.2) is 0 Å². The number of anilines is 1. The van der Waals surface area contributed by atoms with Crippen LogP contribution in [0, 0.1) is 0 Å². The van der Waals surface area contributed by atoms with Crippen molar-refractivity contribution in [1.82, 2.24) is 0 Å². The summed E-state index contributed by atoms with van der Waals surface area (Å²) in [5, 5.41) is 3.72. The Morgan fingerprint density at radius 2 is 1.67 bits per heavy atom. The summed E-state index contributed by atoms with van der Waals surface area (Å²) in [4.78, 5) is 0. The molecule has 100 valence electrons. The van der Waals surface area contributed by atoms with Gasteiger partial charge in [-0.3, -0.25) is 0 Å². The van der Waals surface area contributed by atoms with Crippen molar-refractivity contribution in [3.8, 4) is 0 Å². The van der Waals surface area contributed by atoms with Gasteiger partial charge in [-0.15, -0.1) is 0 Å². The van der Waals surface area contributed by atoms with Crippen LogP contribution in [0.25, 0.3) is 0 Å². The molecule has 0 unspecified atom stereocenters. The van der Waals surface area contributed by atoms with Crippen LogP contribution < -0.4 is 11.1 Å². The zero-order chi connectivity index (χ0) is 13.2. The molecule has 0 saturated heterocycles. The van der Waals surface area contributed by atoms with E-state index < -0.39 is 0 Å². The fourth-order valence-electron chi connectivity index (χ4n) is 2.75. The molecule has 0 heterocycles. The summed E-state index contributed by atoms with van der Waals surface area (Å²) >= 11 is 0. The molecule has 0 radical (unpaired) electrons. The van der Waals surface area contributed by atoms with Gasteiger partial charge >= 0.3 is 0 Å². The normalized spacial score (nSPS) is 24.9. The molecule has 0 atom stereocenters.